The van der Waals surface area contributed by atoms with Crippen LogP contribution < -0.4 is 11.1 Å². The molecule has 0 radical (unpaired) electrons. The summed E-state index contributed by atoms with van der Waals surface area (Å²) in [6.45, 7) is 0. The first-order valence-corrected chi connectivity index (χ1v) is 7.53. The van der Waals surface area contributed by atoms with Crippen molar-refractivity contribution < 1.29 is 4.79 Å². The molecular formula is C13H16ClIN2O. The Labute approximate surface area is 126 Å². The van der Waals surface area contributed by atoms with Crippen LogP contribution in [0.5, 0.6) is 0 Å². The Morgan fingerprint density at radius 2 is 2.00 bits per heavy atom. The molecule has 0 aliphatic heterocycles. The van der Waals surface area contributed by atoms with Crippen molar-refractivity contribution in [2.24, 2.45) is 11.7 Å². The number of benzene rings is 1. The maximum atomic E-state index is 12.1. The number of amides is 1. The zero-order valence-electron chi connectivity index (χ0n) is 9.96. The zero-order valence-corrected chi connectivity index (χ0v) is 12.9. The van der Waals surface area contributed by atoms with E-state index in [4.69, 9.17) is 17.3 Å². The third kappa shape index (κ3) is 3.59. The maximum absolute atomic E-state index is 12.1. The lowest BCUT2D eigenvalue weighted by Crippen LogP contribution is -2.32. The van der Waals surface area contributed by atoms with Gasteiger partial charge in [-0.1, -0.05) is 11.6 Å². The molecule has 18 heavy (non-hydrogen) atoms. The monoisotopic (exact) mass is 378 g/mol. The van der Waals surface area contributed by atoms with Crippen LogP contribution in [0.3, 0.4) is 0 Å². The van der Waals surface area contributed by atoms with Crippen molar-refractivity contribution in [2.45, 2.75) is 31.7 Å². The van der Waals surface area contributed by atoms with Gasteiger partial charge in [-0.15, -0.1) is 0 Å². The van der Waals surface area contributed by atoms with Gasteiger partial charge in [-0.3, -0.25) is 4.79 Å². The summed E-state index contributed by atoms with van der Waals surface area (Å²) in [7, 11) is 0. The number of rotatable bonds is 2. The summed E-state index contributed by atoms with van der Waals surface area (Å²) in [4.78, 5) is 12.1. The van der Waals surface area contributed by atoms with E-state index in [1.54, 1.807) is 0 Å². The highest BCUT2D eigenvalue weighted by Gasteiger charge is 2.24. The Balaban J connectivity index is 1.98. The lowest BCUT2D eigenvalue weighted by Gasteiger charge is -2.25. The minimum Gasteiger partial charge on any atom is -0.328 e. The summed E-state index contributed by atoms with van der Waals surface area (Å²) in [6.07, 6.45) is 3.60. The van der Waals surface area contributed by atoms with Crippen molar-refractivity contribution in [3.05, 3.63) is 26.8 Å². The Kier molecular flexibility index (Phi) is 4.86. The van der Waals surface area contributed by atoms with Gasteiger partial charge in [-0.25, -0.2) is 0 Å². The molecule has 0 atom stereocenters. The van der Waals surface area contributed by atoms with Gasteiger partial charge in [0.25, 0.3) is 0 Å². The molecule has 1 amide bonds. The van der Waals surface area contributed by atoms with Gasteiger partial charge >= 0.3 is 0 Å². The summed E-state index contributed by atoms with van der Waals surface area (Å²) in [5.41, 5.74) is 6.53. The molecule has 3 N–H and O–H groups in total. The standard InChI is InChI=1S/C13H16ClIN2O/c14-11-7-9(15)3-6-12(11)17-13(18)8-1-4-10(16)5-2-8/h3,6-8,10H,1-2,4-5,16H2,(H,17,18). The summed E-state index contributed by atoms with van der Waals surface area (Å²) >= 11 is 8.29. The molecule has 0 unspecified atom stereocenters. The van der Waals surface area contributed by atoms with Gasteiger partial charge in [0, 0.05) is 15.5 Å². The molecule has 0 saturated heterocycles. The first kappa shape index (κ1) is 14.1. The maximum Gasteiger partial charge on any atom is 0.227 e. The van der Waals surface area contributed by atoms with Crippen LogP contribution in [0.1, 0.15) is 25.7 Å². The minimum absolute atomic E-state index is 0.0602. The Bertz CT molecular complexity index is 445. The summed E-state index contributed by atoms with van der Waals surface area (Å²) in [5, 5.41) is 3.49. The molecule has 1 aromatic rings. The fraction of sp³-hybridized carbons (Fsp3) is 0.462. The molecule has 5 heteroatoms. The lowest BCUT2D eigenvalue weighted by atomic mass is 9.86. The Morgan fingerprint density at radius 1 is 1.33 bits per heavy atom. The molecule has 1 aliphatic rings. The van der Waals surface area contributed by atoms with Gasteiger partial charge in [0.1, 0.15) is 0 Å². The topological polar surface area (TPSA) is 55.1 Å². The quantitative estimate of drug-likeness (QED) is 0.775. The van der Waals surface area contributed by atoms with Gasteiger partial charge < -0.3 is 11.1 Å². The van der Waals surface area contributed by atoms with E-state index < -0.39 is 0 Å². The zero-order chi connectivity index (χ0) is 13.1. The number of carbonyl (C=O) groups excluding carboxylic acids is 1. The summed E-state index contributed by atoms with van der Waals surface area (Å²) < 4.78 is 1.05. The van der Waals surface area contributed by atoms with E-state index in [2.05, 4.69) is 27.9 Å². The smallest absolute Gasteiger partial charge is 0.227 e. The molecule has 0 heterocycles. The summed E-state index contributed by atoms with van der Waals surface area (Å²) in [6, 6.07) is 5.88. The highest BCUT2D eigenvalue weighted by atomic mass is 127. The second kappa shape index (κ2) is 6.21. The van der Waals surface area contributed by atoms with E-state index >= 15 is 0 Å². The molecule has 0 bridgehead atoms. The second-order valence-electron chi connectivity index (χ2n) is 4.73. The number of nitrogens with two attached hydrogens (primary N) is 1. The van der Waals surface area contributed by atoms with E-state index in [1.165, 1.54) is 0 Å². The number of halogens is 2. The first-order valence-electron chi connectivity index (χ1n) is 6.08. The fourth-order valence-electron chi connectivity index (χ4n) is 2.21. The Morgan fingerprint density at radius 3 is 2.61 bits per heavy atom. The molecule has 1 fully saturated rings. The van der Waals surface area contributed by atoms with Crippen LogP contribution in [-0.2, 0) is 4.79 Å². The third-order valence-corrected chi connectivity index (χ3v) is 4.32. The average Bonchev–Trinajstić information content (AvgIpc) is 2.33. The second-order valence-corrected chi connectivity index (χ2v) is 6.38. The van der Waals surface area contributed by atoms with Crippen LogP contribution in [-0.4, -0.2) is 11.9 Å². The van der Waals surface area contributed by atoms with Gasteiger partial charge in [0.15, 0.2) is 0 Å². The third-order valence-electron chi connectivity index (χ3n) is 3.33. The van der Waals surface area contributed by atoms with Crippen LogP contribution in [0.2, 0.25) is 5.02 Å². The van der Waals surface area contributed by atoms with Gasteiger partial charge in [-0.05, 0) is 66.5 Å². The molecule has 0 aromatic heterocycles. The van der Waals surface area contributed by atoms with Crippen molar-refractivity contribution >= 4 is 45.8 Å². The SMILES string of the molecule is NC1CCC(C(=O)Nc2ccc(I)cc2Cl)CC1. The number of hydrogen-bond donors (Lipinski definition) is 2. The van der Waals surface area contributed by atoms with Crippen molar-refractivity contribution in [3.63, 3.8) is 0 Å². The average molecular weight is 379 g/mol. The van der Waals surface area contributed by atoms with Gasteiger partial charge in [0.2, 0.25) is 5.91 Å². The molecule has 1 saturated carbocycles. The minimum atomic E-state index is 0.0602. The largest absolute Gasteiger partial charge is 0.328 e. The van der Waals surface area contributed by atoms with E-state index in [0.717, 1.165) is 29.3 Å². The van der Waals surface area contributed by atoms with Crippen LogP contribution in [0, 0.1) is 9.49 Å². The predicted molar refractivity (Wildman–Crippen MR) is 82.7 cm³/mol. The highest BCUT2D eigenvalue weighted by Crippen LogP contribution is 2.27. The van der Waals surface area contributed by atoms with Gasteiger partial charge in [-0.2, -0.15) is 0 Å². The van der Waals surface area contributed by atoms with Crippen LogP contribution >= 0.6 is 34.2 Å². The van der Waals surface area contributed by atoms with Crippen LogP contribution in [0.4, 0.5) is 5.69 Å². The van der Waals surface area contributed by atoms with Crippen molar-refractivity contribution in [1.82, 2.24) is 0 Å². The molecule has 98 valence electrons. The molecule has 1 aliphatic carbocycles. The number of nitrogens with one attached hydrogen (secondary N) is 1. The first-order chi connectivity index (χ1) is 8.56. The van der Waals surface area contributed by atoms with Crippen molar-refractivity contribution in [1.29, 1.82) is 0 Å². The summed E-state index contributed by atoms with van der Waals surface area (Å²) in [5.74, 6) is 0.130. The van der Waals surface area contributed by atoms with Crippen molar-refractivity contribution in [2.75, 3.05) is 5.32 Å². The molecule has 0 spiro atoms. The normalized spacial score (nSPS) is 23.7. The molecule has 1 aromatic carbocycles. The van der Waals surface area contributed by atoms with Crippen LogP contribution in [0.15, 0.2) is 18.2 Å². The fourth-order valence-corrected chi connectivity index (χ4v) is 3.11. The molecule has 2 rings (SSSR count). The van der Waals surface area contributed by atoms with Gasteiger partial charge in [0.05, 0.1) is 10.7 Å². The molecular weight excluding hydrogens is 363 g/mol. The Hall–Kier alpha value is -0.330. The van der Waals surface area contributed by atoms with E-state index in [0.29, 0.717) is 10.7 Å². The van der Waals surface area contributed by atoms with E-state index in [-0.39, 0.29) is 17.9 Å². The number of hydrogen-bond acceptors (Lipinski definition) is 2. The number of carbonyl (C=O) groups is 1. The van der Waals surface area contributed by atoms with E-state index in [9.17, 15) is 4.79 Å². The van der Waals surface area contributed by atoms with Crippen molar-refractivity contribution in [3.8, 4) is 0 Å². The van der Waals surface area contributed by atoms with E-state index in [1.807, 2.05) is 18.2 Å². The molecule has 3 nitrogen and oxygen atoms in total. The van der Waals surface area contributed by atoms with Crippen LogP contribution in [0.25, 0.3) is 0 Å². The highest BCUT2D eigenvalue weighted by molar-refractivity contribution is 14.1. The number of anilines is 1. The predicted octanol–water partition coefficient (Wildman–Crippen LogP) is 3.40. The lowest BCUT2D eigenvalue weighted by molar-refractivity contribution is -0.120.